The topological polar surface area (TPSA) is 66.8 Å². The summed E-state index contributed by atoms with van der Waals surface area (Å²) in [6.07, 6.45) is -34.0. The summed E-state index contributed by atoms with van der Waals surface area (Å²) in [6, 6.07) is 0. The van der Waals surface area contributed by atoms with Gasteiger partial charge in [-0.1, -0.05) is 27.7 Å². The fourth-order valence-corrected chi connectivity index (χ4v) is 3.91. The van der Waals surface area contributed by atoms with Crippen molar-refractivity contribution in [3.8, 4) is 0 Å². The van der Waals surface area contributed by atoms with Gasteiger partial charge in [-0.15, -0.1) is 0 Å². The van der Waals surface area contributed by atoms with E-state index >= 15 is 0 Å². The lowest BCUT2D eigenvalue weighted by atomic mass is 9.65. The summed E-state index contributed by atoms with van der Waals surface area (Å²) in [5, 5.41) is 19.3. The number of hydrogen-bond acceptors (Lipinski definition) is 4. The van der Waals surface area contributed by atoms with Crippen molar-refractivity contribution >= 4 is 5.97 Å². The normalized spacial score (nSPS) is 24.8. The standard InChI is InChI=1S/C19H24F12O4/c1-8(13(2,3)4)12(32)35-11-6-9(14(33,16(20,21)22)17(23,24)25)5-10(7-11)15(34,18(26,27)28)19(29,30)31/h8-11,33-34H,5-7H2,1-4H3. The van der Waals surface area contributed by atoms with E-state index in [4.69, 9.17) is 4.74 Å². The van der Waals surface area contributed by atoms with Gasteiger partial charge in [0.15, 0.2) is 0 Å². The number of halogens is 12. The van der Waals surface area contributed by atoms with Crippen molar-refractivity contribution in [1.29, 1.82) is 0 Å². The molecule has 35 heavy (non-hydrogen) atoms. The predicted molar refractivity (Wildman–Crippen MR) is 93.4 cm³/mol. The molecule has 1 saturated carbocycles. The van der Waals surface area contributed by atoms with Crippen LogP contribution in [0.25, 0.3) is 0 Å². The van der Waals surface area contributed by atoms with Gasteiger partial charge in [0.05, 0.1) is 5.92 Å². The molecule has 208 valence electrons. The summed E-state index contributed by atoms with van der Waals surface area (Å²) in [7, 11) is 0. The van der Waals surface area contributed by atoms with Crippen LogP contribution < -0.4 is 0 Å². The second-order valence-electron chi connectivity index (χ2n) is 9.77. The number of ether oxygens (including phenoxy) is 1. The van der Waals surface area contributed by atoms with Crippen LogP contribution in [0.5, 0.6) is 0 Å². The average Bonchev–Trinajstić information content (AvgIpc) is 2.61. The predicted octanol–water partition coefficient (Wildman–Crippen LogP) is 5.71. The SMILES string of the molecule is CC(C(=O)OC1CC(C(O)(C(F)(F)F)C(F)(F)F)CC(C(O)(C(F)(F)F)C(F)(F)F)C1)C(C)(C)C. The first-order chi connectivity index (χ1) is 15.1. The summed E-state index contributed by atoms with van der Waals surface area (Å²) >= 11 is 0. The third-order valence-corrected chi connectivity index (χ3v) is 6.51. The maximum atomic E-state index is 13.4. The molecule has 1 rings (SSSR count). The van der Waals surface area contributed by atoms with Crippen LogP contribution in [0.2, 0.25) is 0 Å². The molecule has 1 aliphatic carbocycles. The molecule has 4 nitrogen and oxygen atoms in total. The molecule has 1 fully saturated rings. The first kappa shape index (κ1) is 31.6. The van der Waals surface area contributed by atoms with Gasteiger partial charge in [-0.3, -0.25) is 4.79 Å². The second kappa shape index (κ2) is 9.14. The number of aliphatic hydroxyl groups is 2. The first-order valence-corrected chi connectivity index (χ1v) is 10.0. The molecule has 3 atom stereocenters. The van der Waals surface area contributed by atoms with Crippen LogP contribution in [0.4, 0.5) is 52.7 Å². The van der Waals surface area contributed by atoms with Gasteiger partial charge in [0.1, 0.15) is 6.10 Å². The van der Waals surface area contributed by atoms with Crippen LogP contribution in [-0.2, 0) is 9.53 Å². The molecule has 0 bridgehead atoms. The highest BCUT2D eigenvalue weighted by Crippen LogP contribution is 2.58. The smallest absolute Gasteiger partial charge is 0.426 e. The van der Waals surface area contributed by atoms with E-state index in [0.29, 0.717) is 0 Å². The zero-order valence-electron chi connectivity index (χ0n) is 18.7. The van der Waals surface area contributed by atoms with Gasteiger partial charge < -0.3 is 14.9 Å². The number of hydrogen-bond donors (Lipinski definition) is 2. The van der Waals surface area contributed by atoms with E-state index in [-0.39, 0.29) is 0 Å². The number of carbonyl (C=O) groups excluding carboxylic acids is 1. The van der Waals surface area contributed by atoms with Crippen LogP contribution >= 0.6 is 0 Å². The minimum absolute atomic E-state index is 0.915. The molecular weight excluding hydrogens is 520 g/mol. The Balaban J connectivity index is 3.67. The van der Waals surface area contributed by atoms with E-state index < -0.39 is 90.4 Å². The lowest BCUT2D eigenvalue weighted by Gasteiger charge is -2.48. The zero-order valence-corrected chi connectivity index (χ0v) is 18.7. The lowest BCUT2D eigenvalue weighted by molar-refractivity contribution is -0.405. The molecule has 0 aromatic carbocycles. The molecular formula is C19H24F12O4. The molecule has 0 aliphatic heterocycles. The Hall–Kier alpha value is -1.45. The van der Waals surface area contributed by atoms with Crippen molar-refractivity contribution in [2.45, 2.75) is 89.0 Å². The molecule has 2 N–H and O–H groups in total. The molecule has 0 saturated heterocycles. The molecule has 0 aromatic heterocycles. The molecule has 0 aromatic rings. The van der Waals surface area contributed by atoms with Gasteiger partial charge in [0, 0.05) is 11.8 Å². The van der Waals surface area contributed by atoms with Crippen molar-refractivity contribution in [1.82, 2.24) is 0 Å². The van der Waals surface area contributed by atoms with Crippen molar-refractivity contribution in [3.05, 3.63) is 0 Å². The lowest BCUT2D eigenvalue weighted by Crippen LogP contribution is -2.67. The quantitative estimate of drug-likeness (QED) is 0.352. The van der Waals surface area contributed by atoms with E-state index in [1.165, 1.54) is 27.7 Å². The second-order valence-corrected chi connectivity index (χ2v) is 9.77. The Morgan fingerprint density at radius 1 is 0.686 bits per heavy atom. The van der Waals surface area contributed by atoms with Gasteiger partial charge in [0.25, 0.3) is 11.2 Å². The van der Waals surface area contributed by atoms with Crippen LogP contribution in [0.3, 0.4) is 0 Å². The highest BCUT2D eigenvalue weighted by Gasteiger charge is 2.78. The van der Waals surface area contributed by atoms with Crippen molar-refractivity contribution in [2.24, 2.45) is 23.2 Å². The van der Waals surface area contributed by atoms with Gasteiger partial charge in [0.2, 0.25) is 0 Å². The van der Waals surface area contributed by atoms with Crippen LogP contribution in [0.15, 0.2) is 0 Å². The number of esters is 1. The van der Waals surface area contributed by atoms with E-state index in [1.54, 1.807) is 0 Å². The van der Waals surface area contributed by atoms with Crippen LogP contribution in [0, 0.1) is 23.2 Å². The van der Waals surface area contributed by atoms with Gasteiger partial charge in [-0.25, -0.2) is 0 Å². The number of carbonyl (C=O) groups is 1. The zero-order chi connectivity index (χ0) is 28.2. The van der Waals surface area contributed by atoms with Crippen molar-refractivity contribution < 1.29 is 72.4 Å². The average molecular weight is 544 g/mol. The first-order valence-electron chi connectivity index (χ1n) is 10.0. The van der Waals surface area contributed by atoms with Crippen molar-refractivity contribution in [2.75, 3.05) is 0 Å². The summed E-state index contributed by atoms with van der Waals surface area (Å²) < 4.78 is 165. The maximum Gasteiger partial charge on any atom is 0.426 e. The maximum absolute atomic E-state index is 13.4. The largest absolute Gasteiger partial charge is 0.462 e. The van der Waals surface area contributed by atoms with E-state index in [9.17, 15) is 67.7 Å². The third-order valence-electron chi connectivity index (χ3n) is 6.51. The van der Waals surface area contributed by atoms with Crippen LogP contribution in [-0.4, -0.2) is 58.2 Å². The molecule has 0 radical (unpaired) electrons. The van der Waals surface area contributed by atoms with E-state index in [1.807, 2.05) is 0 Å². The fourth-order valence-electron chi connectivity index (χ4n) is 3.91. The summed E-state index contributed by atoms with van der Waals surface area (Å²) in [5.41, 5.74) is -12.4. The molecule has 0 heterocycles. The van der Waals surface area contributed by atoms with E-state index in [2.05, 4.69) is 0 Å². The third kappa shape index (κ3) is 5.77. The Labute approximate surface area is 191 Å². The number of rotatable bonds is 4. The van der Waals surface area contributed by atoms with Gasteiger partial charge in [-0.2, -0.15) is 52.7 Å². The molecule has 1 aliphatic rings. The number of alkyl halides is 12. The molecule has 16 heteroatoms. The van der Waals surface area contributed by atoms with Gasteiger partial charge in [-0.05, 0) is 24.7 Å². The summed E-state index contributed by atoms with van der Waals surface area (Å²) in [5.74, 6) is -9.19. The Bertz CT molecular complexity index is 686. The van der Waals surface area contributed by atoms with E-state index in [0.717, 1.165) is 0 Å². The highest BCUT2D eigenvalue weighted by atomic mass is 19.4. The van der Waals surface area contributed by atoms with Crippen molar-refractivity contribution in [3.63, 3.8) is 0 Å². The summed E-state index contributed by atoms with van der Waals surface area (Å²) in [6.45, 7) is 5.60. The highest BCUT2D eigenvalue weighted by molar-refractivity contribution is 5.73. The summed E-state index contributed by atoms with van der Waals surface area (Å²) in [4.78, 5) is 12.3. The Morgan fingerprint density at radius 2 is 0.971 bits per heavy atom. The Kier molecular flexibility index (Phi) is 8.24. The Morgan fingerprint density at radius 3 is 1.20 bits per heavy atom. The molecule has 0 spiro atoms. The minimum Gasteiger partial charge on any atom is -0.462 e. The monoisotopic (exact) mass is 544 g/mol. The fraction of sp³-hybridized carbons (Fsp3) is 0.947. The molecule has 0 amide bonds. The van der Waals surface area contributed by atoms with Crippen LogP contribution in [0.1, 0.15) is 47.0 Å². The minimum atomic E-state index is -6.58. The van der Waals surface area contributed by atoms with Gasteiger partial charge >= 0.3 is 30.7 Å². The molecule has 3 unspecified atom stereocenters.